The molecule has 3 heteroatoms. The molecule has 0 radical (unpaired) electrons. The highest BCUT2D eigenvalue weighted by Crippen LogP contribution is 2.10. The summed E-state index contributed by atoms with van der Waals surface area (Å²) in [6, 6.07) is 0.524. The average molecular weight is 181 g/mol. The van der Waals surface area contributed by atoms with Crippen LogP contribution in [0.15, 0.2) is 12.4 Å². The molecule has 0 saturated heterocycles. The summed E-state index contributed by atoms with van der Waals surface area (Å²) >= 11 is 0. The number of rotatable bonds is 5. The van der Waals surface area contributed by atoms with Gasteiger partial charge in [0.25, 0.3) is 0 Å². The lowest BCUT2D eigenvalue weighted by molar-refractivity contribution is 0.382. The van der Waals surface area contributed by atoms with Crippen molar-refractivity contribution in [1.82, 2.24) is 15.3 Å². The Balaban J connectivity index is 2.49. The second kappa shape index (κ2) is 5.02. The molecule has 0 fully saturated rings. The Hall–Kier alpha value is -0.830. The molecule has 1 aromatic heterocycles. The molecular weight excluding hydrogens is 162 g/mol. The number of likely N-dealkylation sites (N-methyl/N-ethyl adjacent to an activating group) is 1. The second-order valence-electron chi connectivity index (χ2n) is 3.52. The lowest BCUT2D eigenvalue weighted by Gasteiger charge is -2.21. The second-order valence-corrected chi connectivity index (χ2v) is 3.52. The van der Waals surface area contributed by atoms with E-state index in [2.05, 4.69) is 29.1 Å². The van der Waals surface area contributed by atoms with Gasteiger partial charge in [-0.2, -0.15) is 0 Å². The summed E-state index contributed by atoms with van der Waals surface area (Å²) in [5.41, 5.74) is 0. The van der Waals surface area contributed by atoms with E-state index in [1.807, 2.05) is 13.2 Å². The Morgan fingerprint density at radius 2 is 2.38 bits per heavy atom. The van der Waals surface area contributed by atoms with Crippen LogP contribution in [0.4, 0.5) is 0 Å². The van der Waals surface area contributed by atoms with Gasteiger partial charge in [-0.25, -0.2) is 4.98 Å². The standard InChI is InChI=1S/C10H19N3/c1-4-8(2)9(11-3)7-10-12-5-6-13-10/h5-6,8-9,11H,4,7H2,1-3H3,(H,12,13). The maximum Gasteiger partial charge on any atom is 0.107 e. The van der Waals surface area contributed by atoms with E-state index in [0.717, 1.165) is 12.2 Å². The van der Waals surface area contributed by atoms with Gasteiger partial charge in [0.15, 0.2) is 0 Å². The van der Waals surface area contributed by atoms with E-state index in [1.54, 1.807) is 6.20 Å². The van der Waals surface area contributed by atoms with E-state index in [9.17, 15) is 0 Å². The predicted octanol–water partition coefficient (Wildman–Crippen LogP) is 1.59. The van der Waals surface area contributed by atoms with Crippen LogP contribution in [-0.4, -0.2) is 23.1 Å². The molecule has 2 N–H and O–H groups in total. The fourth-order valence-electron chi connectivity index (χ4n) is 1.49. The number of aromatic nitrogens is 2. The summed E-state index contributed by atoms with van der Waals surface area (Å²) in [6.07, 6.45) is 5.86. The molecule has 2 atom stereocenters. The minimum atomic E-state index is 0.524. The summed E-state index contributed by atoms with van der Waals surface area (Å²) in [4.78, 5) is 7.35. The van der Waals surface area contributed by atoms with E-state index in [4.69, 9.17) is 0 Å². The molecule has 1 heterocycles. The molecule has 2 unspecified atom stereocenters. The smallest absolute Gasteiger partial charge is 0.107 e. The number of hydrogen-bond donors (Lipinski definition) is 2. The third kappa shape index (κ3) is 2.84. The first kappa shape index (κ1) is 10.3. The van der Waals surface area contributed by atoms with Crippen molar-refractivity contribution in [2.24, 2.45) is 5.92 Å². The molecule has 0 saturated carbocycles. The number of aromatic amines is 1. The van der Waals surface area contributed by atoms with Crippen molar-refractivity contribution in [3.8, 4) is 0 Å². The SMILES string of the molecule is CCC(C)C(Cc1ncc[nH]1)NC. The van der Waals surface area contributed by atoms with Crippen LogP contribution in [-0.2, 0) is 6.42 Å². The van der Waals surface area contributed by atoms with Gasteiger partial charge < -0.3 is 10.3 Å². The Morgan fingerprint density at radius 3 is 2.85 bits per heavy atom. The summed E-state index contributed by atoms with van der Waals surface area (Å²) in [7, 11) is 2.01. The van der Waals surface area contributed by atoms with Gasteiger partial charge in [0, 0.05) is 24.9 Å². The first-order valence-corrected chi connectivity index (χ1v) is 4.93. The van der Waals surface area contributed by atoms with Crippen molar-refractivity contribution in [3.63, 3.8) is 0 Å². The maximum atomic E-state index is 4.23. The van der Waals surface area contributed by atoms with Gasteiger partial charge in [-0.15, -0.1) is 0 Å². The third-order valence-corrected chi connectivity index (χ3v) is 2.67. The Bertz CT molecular complexity index is 218. The number of imidazole rings is 1. The molecule has 0 bridgehead atoms. The summed E-state index contributed by atoms with van der Waals surface area (Å²) in [5, 5.41) is 3.33. The molecule has 0 amide bonds. The Labute approximate surface area is 80.0 Å². The van der Waals surface area contributed by atoms with E-state index in [0.29, 0.717) is 12.0 Å². The van der Waals surface area contributed by atoms with E-state index >= 15 is 0 Å². The predicted molar refractivity (Wildman–Crippen MR) is 54.6 cm³/mol. The minimum absolute atomic E-state index is 0.524. The zero-order chi connectivity index (χ0) is 9.68. The first-order valence-electron chi connectivity index (χ1n) is 4.93. The van der Waals surface area contributed by atoms with Crippen LogP contribution >= 0.6 is 0 Å². The van der Waals surface area contributed by atoms with Crippen molar-refractivity contribution in [1.29, 1.82) is 0 Å². The normalized spacial score (nSPS) is 15.6. The molecule has 0 aliphatic carbocycles. The zero-order valence-electron chi connectivity index (χ0n) is 8.67. The summed E-state index contributed by atoms with van der Waals surface area (Å²) in [6.45, 7) is 4.49. The highest BCUT2D eigenvalue weighted by Gasteiger charge is 2.14. The number of nitrogens with zero attached hydrogens (tertiary/aromatic N) is 1. The third-order valence-electron chi connectivity index (χ3n) is 2.67. The monoisotopic (exact) mass is 181 g/mol. The minimum Gasteiger partial charge on any atom is -0.349 e. The van der Waals surface area contributed by atoms with Crippen molar-refractivity contribution >= 4 is 0 Å². The topological polar surface area (TPSA) is 40.7 Å². The van der Waals surface area contributed by atoms with Gasteiger partial charge in [-0.1, -0.05) is 20.3 Å². The molecule has 1 rings (SSSR count). The number of hydrogen-bond acceptors (Lipinski definition) is 2. The number of H-pyrrole nitrogens is 1. The quantitative estimate of drug-likeness (QED) is 0.724. The van der Waals surface area contributed by atoms with Crippen molar-refractivity contribution in [2.45, 2.75) is 32.7 Å². The molecule has 0 aromatic carbocycles. The van der Waals surface area contributed by atoms with Gasteiger partial charge in [0.05, 0.1) is 0 Å². The molecule has 74 valence electrons. The molecule has 0 aliphatic heterocycles. The van der Waals surface area contributed by atoms with Crippen LogP contribution in [0.2, 0.25) is 0 Å². The fraction of sp³-hybridized carbons (Fsp3) is 0.700. The van der Waals surface area contributed by atoms with Crippen LogP contribution < -0.4 is 5.32 Å². The van der Waals surface area contributed by atoms with E-state index in [1.165, 1.54) is 6.42 Å². The van der Waals surface area contributed by atoms with E-state index < -0.39 is 0 Å². The van der Waals surface area contributed by atoms with Crippen molar-refractivity contribution in [2.75, 3.05) is 7.05 Å². The van der Waals surface area contributed by atoms with Crippen LogP contribution in [0.5, 0.6) is 0 Å². The molecule has 13 heavy (non-hydrogen) atoms. The number of nitrogens with one attached hydrogen (secondary N) is 2. The van der Waals surface area contributed by atoms with E-state index in [-0.39, 0.29) is 0 Å². The summed E-state index contributed by atoms with van der Waals surface area (Å²) in [5.74, 6) is 1.76. The highest BCUT2D eigenvalue weighted by atomic mass is 14.9. The van der Waals surface area contributed by atoms with Crippen LogP contribution in [0.1, 0.15) is 26.1 Å². The molecule has 3 nitrogen and oxygen atoms in total. The van der Waals surface area contributed by atoms with Gasteiger partial charge in [-0.05, 0) is 13.0 Å². The van der Waals surface area contributed by atoms with Gasteiger partial charge in [-0.3, -0.25) is 0 Å². The average Bonchev–Trinajstić information content (AvgIpc) is 2.65. The highest BCUT2D eigenvalue weighted by molar-refractivity contribution is 4.92. The van der Waals surface area contributed by atoms with Gasteiger partial charge in [0.2, 0.25) is 0 Å². The largest absolute Gasteiger partial charge is 0.349 e. The zero-order valence-corrected chi connectivity index (χ0v) is 8.67. The van der Waals surface area contributed by atoms with Crippen LogP contribution in [0.25, 0.3) is 0 Å². The van der Waals surface area contributed by atoms with Crippen LogP contribution in [0, 0.1) is 5.92 Å². The van der Waals surface area contributed by atoms with Crippen molar-refractivity contribution in [3.05, 3.63) is 18.2 Å². The molecular formula is C10H19N3. The lowest BCUT2D eigenvalue weighted by Crippen LogP contribution is -2.34. The molecule has 0 spiro atoms. The summed E-state index contributed by atoms with van der Waals surface area (Å²) < 4.78 is 0. The Kier molecular flexibility index (Phi) is 3.96. The van der Waals surface area contributed by atoms with Gasteiger partial charge in [0.1, 0.15) is 5.82 Å². The van der Waals surface area contributed by atoms with Crippen LogP contribution in [0.3, 0.4) is 0 Å². The molecule has 1 aromatic rings. The van der Waals surface area contributed by atoms with Crippen molar-refractivity contribution < 1.29 is 0 Å². The maximum absolute atomic E-state index is 4.23. The fourth-order valence-corrected chi connectivity index (χ4v) is 1.49. The van der Waals surface area contributed by atoms with Gasteiger partial charge >= 0.3 is 0 Å². The lowest BCUT2D eigenvalue weighted by atomic mass is 9.96. The molecule has 0 aliphatic rings. The first-order chi connectivity index (χ1) is 6.27. The Morgan fingerprint density at radius 1 is 1.62 bits per heavy atom.